The summed E-state index contributed by atoms with van der Waals surface area (Å²) in [6.45, 7) is 1.80. The maximum atomic E-state index is 13.0. The van der Waals surface area contributed by atoms with Crippen molar-refractivity contribution < 1.29 is 27.8 Å². The molecule has 0 aromatic heterocycles. The molecule has 0 amide bonds. The summed E-state index contributed by atoms with van der Waals surface area (Å²) < 4.78 is 43.3. The molecule has 2 atom stereocenters. The van der Waals surface area contributed by atoms with E-state index in [1.165, 1.54) is 48.5 Å². The first-order chi connectivity index (χ1) is 11.9. The van der Waals surface area contributed by atoms with Gasteiger partial charge in [0.05, 0.1) is 18.6 Å². The van der Waals surface area contributed by atoms with Crippen LogP contribution in [-0.4, -0.2) is 17.7 Å². The first-order valence-corrected chi connectivity index (χ1v) is 7.89. The maximum absolute atomic E-state index is 13.0. The van der Waals surface area contributed by atoms with Crippen molar-refractivity contribution in [2.75, 3.05) is 6.61 Å². The molecule has 0 heterocycles. The molecule has 2 rings (SSSR count). The Morgan fingerprint density at radius 3 is 2.12 bits per heavy atom. The Morgan fingerprint density at radius 2 is 1.60 bits per heavy atom. The summed E-state index contributed by atoms with van der Waals surface area (Å²) in [5.41, 5.74) is 0.878. The number of halogens is 3. The highest BCUT2D eigenvalue weighted by Gasteiger charge is 2.29. The lowest BCUT2D eigenvalue weighted by molar-refractivity contribution is -0.152. The molecule has 0 saturated carbocycles. The zero-order valence-electron chi connectivity index (χ0n) is 13.7. The van der Waals surface area contributed by atoms with Crippen LogP contribution < -0.4 is 0 Å². The molecule has 1 N–H and O–H groups in total. The topological polar surface area (TPSA) is 46.5 Å². The number of benzene rings is 2. The lowest BCUT2D eigenvalue weighted by Gasteiger charge is -2.22. The van der Waals surface area contributed by atoms with E-state index in [1.54, 1.807) is 6.92 Å². The standard InChI is InChI=1S/C19H19F3O3/c1-2-25-19(24)16(17(23)13-7-9-15(20)10-8-13)11-12-3-5-14(6-4-12)18(21)22/h3-10,16-18,23H,2,11H2,1H3. The van der Waals surface area contributed by atoms with E-state index in [9.17, 15) is 23.1 Å². The fourth-order valence-corrected chi connectivity index (χ4v) is 2.52. The van der Waals surface area contributed by atoms with E-state index in [1.807, 2.05) is 0 Å². The molecule has 0 radical (unpaired) electrons. The highest BCUT2D eigenvalue weighted by molar-refractivity contribution is 5.73. The maximum Gasteiger partial charge on any atom is 0.312 e. The first kappa shape index (κ1) is 19.0. The highest BCUT2D eigenvalue weighted by atomic mass is 19.3. The molecule has 134 valence electrons. The van der Waals surface area contributed by atoms with E-state index in [2.05, 4.69) is 0 Å². The van der Waals surface area contributed by atoms with Crippen molar-refractivity contribution in [1.29, 1.82) is 0 Å². The zero-order valence-corrected chi connectivity index (χ0v) is 13.7. The van der Waals surface area contributed by atoms with Gasteiger partial charge in [-0.15, -0.1) is 0 Å². The summed E-state index contributed by atoms with van der Waals surface area (Å²) >= 11 is 0. The second-order valence-electron chi connectivity index (χ2n) is 5.60. The smallest absolute Gasteiger partial charge is 0.312 e. The lowest BCUT2D eigenvalue weighted by atomic mass is 9.89. The molecule has 0 bridgehead atoms. The largest absolute Gasteiger partial charge is 0.466 e. The van der Waals surface area contributed by atoms with Gasteiger partial charge in [0.25, 0.3) is 6.43 Å². The Balaban J connectivity index is 2.23. The van der Waals surface area contributed by atoms with Crippen LogP contribution in [0.25, 0.3) is 0 Å². The first-order valence-electron chi connectivity index (χ1n) is 7.89. The fraction of sp³-hybridized carbons (Fsp3) is 0.316. The molecular weight excluding hydrogens is 333 g/mol. The van der Waals surface area contributed by atoms with Crippen LogP contribution in [0.5, 0.6) is 0 Å². The minimum Gasteiger partial charge on any atom is -0.466 e. The quantitative estimate of drug-likeness (QED) is 0.759. The molecule has 2 unspecified atom stereocenters. The van der Waals surface area contributed by atoms with Gasteiger partial charge in [-0.1, -0.05) is 36.4 Å². The number of carbonyl (C=O) groups excluding carboxylic acids is 1. The minimum absolute atomic E-state index is 0.112. The summed E-state index contributed by atoms with van der Waals surface area (Å²) in [7, 11) is 0. The van der Waals surface area contributed by atoms with Gasteiger partial charge < -0.3 is 9.84 Å². The number of hydrogen-bond acceptors (Lipinski definition) is 3. The Morgan fingerprint density at radius 1 is 1.04 bits per heavy atom. The second-order valence-corrected chi connectivity index (χ2v) is 5.60. The third-order valence-corrected chi connectivity index (χ3v) is 3.87. The highest BCUT2D eigenvalue weighted by Crippen LogP contribution is 2.28. The lowest BCUT2D eigenvalue weighted by Crippen LogP contribution is -2.26. The van der Waals surface area contributed by atoms with Gasteiger partial charge in [0.15, 0.2) is 0 Å². The molecule has 0 fully saturated rings. The summed E-state index contributed by atoms with van der Waals surface area (Å²) in [4.78, 5) is 12.2. The molecule has 2 aromatic carbocycles. The van der Waals surface area contributed by atoms with Crippen LogP contribution in [0.2, 0.25) is 0 Å². The number of aliphatic hydroxyl groups is 1. The Labute approximate surface area is 144 Å². The normalized spacial score (nSPS) is 13.5. The van der Waals surface area contributed by atoms with Crippen molar-refractivity contribution in [2.45, 2.75) is 25.9 Å². The van der Waals surface area contributed by atoms with Crippen LogP contribution >= 0.6 is 0 Å². The van der Waals surface area contributed by atoms with Crippen LogP contribution in [0.4, 0.5) is 13.2 Å². The van der Waals surface area contributed by atoms with Crippen molar-refractivity contribution in [1.82, 2.24) is 0 Å². The fourth-order valence-electron chi connectivity index (χ4n) is 2.52. The third-order valence-electron chi connectivity index (χ3n) is 3.87. The van der Waals surface area contributed by atoms with Crippen LogP contribution in [0.1, 0.15) is 36.1 Å². The van der Waals surface area contributed by atoms with Gasteiger partial charge in [-0.05, 0) is 36.6 Å². The second kappa shape index (κ2) is 8.67. The average molecular weight is 352 g/mol. The SMILES string of the molecule is CCOC(=O)C(Cc1ccc(C(F)F)cc1)C(O)c1ccc(F)cc1. The summed E-state index contributed by atoms with van der Waals surface area (Å²) in [6.07, 6.45) is -3.66. The van der Waals surface area contributed by atoms with E-state index in [0.717, 1.165) is 0 Å². The Bertz CT molecular complexity index is 684. The number of rotatable bonds is 7. The summed E-state index contributed by atoms with van der Waals surface area (Å²) in [5.74, 6) is -1.98. The van der Waals surface area contributed by atoms with Gasteiger partial charge in [-0.2, -0.15) is 0 Å². The summed E-state index contributed by atoms with van der Waals surface area (Å²) in [6, 6.07) is 10.7. The van der Waals surface area contributed by atoms with Gasteiger partial charge in [-0.3, -0.25) is 4.79 Å². The van der Waals surface area contributed by atoms with E-state index in [0.29, 0.717) is 11.1 Å². The van der Waals surface area contributed by atoms with E-state index in [4.69, 9.17) is 4.74 Å². The van der Waals surface area contributed by atoms with Crippen molar-refractivity contribution in [3.8, 4) is 0 Å². The zero-order chi connectivity index (χ0) is 18.4. The number of ether oxygens (including phenoxy) is 1. The van der Waals surface area contributed by atoms with Crippen LogP contribution in [-0.2, 0) is 16.0 Å². The van der Waals surface area contributed by atoms with Crippen molar-refractivity contribution in [2.24, 2.45) is 5.92 Å². The van der Waals surface area contributed by atoms with Gasteiger partial charge in [0.2, 0.25) is 0 Å². The van der Waals surface area contributed by atoms with E-state index < -0.39 is 30.2 Å². The number of alkyl halides is 2. The molecule has 0 aliphatic carbocycles. The number of aliphatic hydroxyl groups excluding tert-OH is 1. The molecule has 0 aliphatic rings. The molecule has 25 heavy (non-hydrogen) atoms. The number of esters is 1. The predicted octanol–water partition coefficient (Wildman–Crippen LogP) is 4.22. The average Bonchev–Trinajstić information content (AvgIpc) is 2.60. The number of hydrogen-bond donors (Lipinski definition) is 1. The monoisotopic (exact) mass is 352 g/mol. The molecule has 3 nitrogen and oxygen atoms in total. The van der Waals surface area contributed by atoms with Gasteiger partial charge >= 0.3 is 5.97 Å². The van der Waals surface area contributed by atoms with Gasteiger partial charge in [-0.25, -0.2) is 13.2 Å². The van der Waals surface area contributed by atoms with Crippen molar-refractivity contribution in [3.05, 3.63) is 71.0 Å². The molecule has 2 aromatic rings. The van der Waals surface area contributed by atoms with Crippen LogP contribution in [0.3, 0.4) is 0 Å². The third kappa shape index (κ3) is 5.06. The minimum atomic E-state index is -2.57. The Kier molecular flexibility index (Phi) is 6.58. The molecule has 0 spiro atoms. The van der Waals surface area contributed by atoms with Crippen LogP contribution in [0.15, 0.2) is 48.5 Å². The molecular formula is C19H19F3O3. The van der Waals surface area contributed by atoms with Crippen LogP contribution in [0, 0.1) is 11.7 Å². The Hall–Kier alpha value is -2.34. The van der Waals surface area contributed by atoms with Crippen molar-refractivity contribution in [3.63, 3.8) is 0 Å². The van der Waals surface area contributed by atoms with E-state index in [-0.39, 0.29) is 18.6 Å². The van der Waals surface area contributed by atoms with Crippen molar-refractivity contribution >= 4 is 5.97 Å². The number of carbonyl (C=O) groups is 1. The van der Waals surface area contributed by atoms with Gasteiger partial charge in [0.1, 0.15) is 5.82 Å². The molecule has 0 aliphatic heterocycles. The molecule has 0 saturated heterocycles. The predicted molar refractivity (Wildman–Crippen MR) is 86.6 cm³/mol. The van der Waals surface area contributed by atoms with Gasteiger partial charge in [0, 0.05) is 5.56 Å². The summed E-state index contributed by atoms with van der Waals surface area (Å²) in [5, 5.41) is 10.5. The van der Waals surface area contributed by atoms with E-state index >= 15 is 0 Å². The molecule has 6 heteroatoms.